The summed E-state index contributed by atoms with van der Waals surface area (Å²) >= 11 is 0. The van der Waals surface area contributed by atoms with Crippen LogP contribution in [-0.2, 0) is 16.0 Å². The van der Waals surface area contributed by atoms with E-state index >= 15 is 0 Å². The second-order valence-corrected chi connectivity index (χ2v) is 6.86. The SMILES string of the molecule is CCCN(C(=O)c1ccc(CC2CC(=O)NC2=O)cc1)C1CCNC1. The van der Waals surface area contributed by atoms with E-state index in [1.54, 1.807) is 0 Å². The third-order valence-electron chi connectivity index (χ3n) is 4.95. The van der Waals surface area contributed by atoms with Crippen molar-refractivity contribution in [3.05, 3.63) is 35.4 Å². The van der Waals surface area contributed by atoms with Crippen molar-refractivity contribution < 1.29 is 14.4 Å². The number of imide groups is 1. The van der Waals surface area contributed by atoms with Gasteiger partial charge in [0.05, 0.1) is 5.92 Å². The van der Waals surface area contributed by atoms with Gasteiger partial charge in [0.1, 0.15) is 0 Å². The molecular weight excluding hydrogens is 318 g/mol. The van der Waals surface area contributed by atoms with Gasteiger partial charge in [0.15, 0.2) is 0 Å². The Morgan fingerprint density at radius 3 is 2.56 bits per heavy atom. The van der Waals surface area contributed by atoms with Gasteiger partial charge < -0.3 is 10.2 Å². The third kappa shape index (κ3) is 4.07. The Balaban J connectivity index is 1.67. The van der Waals surface area contributed by atoms with Crippen molar-refractivity contribution in [2.45, 2.75) is 38.6 Å². The lowest BCUT2D eigenvalue weighted by Crippen LogP contribution is -2.42. The van der Waals surface area contributed by atoms with E-state index < -0.39 is 0 Å². The number of nitrogens with one attached hydrogen (secondary N) is 2. The summed E-state index contributed by atoms with van der Waals surface area (Å²) in [6.07, 6.45) is 2.70. The molecule has 134 valence electrons. The van der Waals surface area contributed by atoms with Gasteiger partial charge in [-0.05, 0) is 43.5 Å². The van der Waals surface area contributed by atoms with E-state index in [1.165, 1.54) is 0 Å². The summed E-state index contributed by atoms with van der Waals surface area (Å²) in [6.45, 7) is 4.66. The third-order valence-corrected chi connectivity index (χ3v) is 4.95. The monoisotopic (exact) mass is 343 g/mol. The molecule has 2 saturated heterocycles. The fourth-order valence-electron chi connectivity index (χ4n) is 3.60. The lowest BCUT2D eigenvalue weighted by Gasteiger charge is -2.28. The molecule has 6 heteroatoms. The predicted octanol–water partition coefficient (Wildman–Crippen LogP) is 1.11. The summed E-state index contributed by atoms with van der Waals surface area (Å²) in [5, 5.41) is 5.65. The molecule has 0 spiro atoms. The van der Waals surface area contributed by atoms with Crippen LogP contribution in [0.15, 0.2) is 24.3 Å². The summed E-state index contributed by atoms with van der Waals surface area (Å²) in [6, 6.07) is 7.70. The predicted molar refractivity (Wildman–Crippen MR) is 94.0 cm³/mol. The van der Waals surface area contributed by atoms with Crippen molar-refractivity contribution in [3.8, 4) is 0 Å². The van der Waals surface area contributed by atoms with Gasteiger partial charge in [0, 0.05) is 31.1 Å². The maximum Gasteiger partial charge on any atom is 0.254 e. The number of carbonyl (C=O) groups is 3. The van der Waals surface area contributed by atoms with E-state index in [-0.39, 0.29) is 36.1 Å². The number of hydrogen-bond donors (Lipinski definition) is 2. The Bertz CT molecular complexity index is 650. The summed E-state index contributed by atoms with van der Waals surface area (Å²) in [4.78, 5) is 37.8. The van der Waals surface area contributed by atoms with Crippen LogP contribution in [0.1, 0.15) is 42.1 Å². The van der Waals surface area contributed by atoms with Gasteiger partial charge in [-0.1, -0.05) is 19.1 Å². The number of benzene rings is 1. The number of rotatable bonds is 6. The van der Waals surface area contributed by atoms with Crippen molar-refractivity contribution in [2.75, 3.05) is 19.6 Å². The molecule has 2 aliphatic rings. The van der Waals surface area contributed by atoms with E-state index in [0.29, 0.717) is 12.0 Å². The number of carbonyl (C=O) groups excluding carboxylic acids is 3. The summed E-state index contributed by atoms with van der Waals surface area (Å²) in [7, 11) is 0. The van der Waals surface area contributed by atoms with E-state index in [4.69, 9.17) is 0 Å². The lowest BCUT2D eigenvalue weighted by molar-refractivity contribution is -0.125. The zero-order valence-electron chi connectivity index (χ0n) is 14.6. The summed E-state index contributed by atoms with van der Waals surface area (Å²) in [5.74, 6) is -0.638. The highest BCUT2D eigenvalue weighted by Crippen LogP contribution is 2.19. The smallest absolute Gasteiger partial charge is 0.254 e. The van der Waals surface area contributed by atoms with Crippen molar-refractivity contribution in [1.29, 1.82) is 0 Å². The van der Waals surface area contributed by atoms with E-state index in [9.17, 15) is 14.4 Å². The second kappa shape index (κ2) is 7.78. The molecule has 2 aliphatic heterocycles. The maximum atomic E-state index is 12.9. The molecule has 2 unspecified atom stereocenters. The van der Waals surface area contributed by atoms with Gasteiger partial charge in [-0.3, -0.25) is 19.7 Å². The van der Waals surface area contributed by atoms with Crippen LogP contribution in [0.25, 0.3) is 0 Å². The van der Waals surface area contributed by atoms with Crippen LogP contribution in [0, 0.1) is 5.92 Å². The van der Waals surface area contributed by atoms with E-state index in [2.05, 4.69) is 17.6 Å². The van der Waals surface area contributed by atoms with Crippen LogP contribution in [-0.4, -0.2) is 48.3 Å². The molecule has 2 heterocycles. The van der Waals surface area contributed by atoms with E-state index in [1.807, 2.05) is 29.2 Å². The van der Waals surface area contributed by atoms with Crippen molar-refractivity contribution >= 4 is 17.7 Å². The molecule has 6 nitrogen and oxygen atoms in total. The molecule has 3 rings (SSSR count). The average molecular weight is 343 g/mol. The molecule has 0 aliphatic carbocycles. The molecule has 0 radical (unpaired) electrons. The maximum absolute atomic E-state index is 12.9. The molecule has 25 heavy (non-hydrogen) atoms. The molecule has 2 fully saturated rings. The van der Waals surface area contributed by atoms with Crippen LogP contribution in [0.4, 0.5) is 0 Å². The molecule has 0 bridgehead atoms. The minimum atomic E-state index is -0.296. The van der Waals surface area contributed by atoms with Crippen molar-refractivity contribution in [2.24, 2.45) is 5.92 Å². The first-order valence-electron chi connectivity index (χ1n) is 9.02. The molecule has 3 amide bonds. The Morgan fingerprint density at radius 2 is 2.00 bits per heavy atom. The Hall–Kier alpha value is -2.21. The van der Waals surface area contributed by atoms with Crippen LogP contribution in [0.2, 0.25) is 0 Å². The van der Waals surface area contributed by atoms with Gasteiger partial charge in [0.2, 0.25) is 11.8 Å². The van der Waals surface area contributed by atoms with Gasteiger partial charge in [-0.25, -0.2) is 0 Å². The number of hydrogen-bond acceptors (Lipinski definition) is 4. The molecule has 1 aromatic rings. The molecule has 1 aromatic carbocycles. The first kappa shape index (κ1) is 17.6. The number of amides is 3. The first-order valence-corrected chi connectivity index (χ1v) is 9.02. The van der Waals surface area contributed by atoms with Gasteiger partial charge in [0.25, 0.3) is 5.91 Å². The molecular formula is C19H25N3O3. The van der Waals surface area contributed by atoms with Crippen LogP contribution in [0.5, 0.6) is 0 Å². The molecule has 0 aromatic heterocycles. The Labute approximate surface area is 148 Å². The largest absolute Gasteiger partial charge is 0.334 e. The van der Waals surface area contributed by atoms with E-state index in [0.717, 1.165) is 38.0 Å². The topological polar surface area (TPSA) is 78.5 Å². The average Bonchev–Trinajstić information content (AvgIpc) is 3.23. The number of nitrogens with zero attached hydrogens (tertiary/aromatic N) is 1. The molecule has 2 N–H and O–H groups in total. The summed E-state index contributed by atoms with van der Waals surface area (Å²) in [5.41, 5.74) is 1.65. The van der Waals surface area contributed by atoms with Crippen LogP contribution >= 0.6 is 0 Å². The van der Waals surface area contributed by atoms with Gasteiger partial charge in [-0.2, -0.15) is 0 Å². The highest BCUT2D eigenvalue weighted by Gasteiger charge is 2.30. The zero-order valence-corrected chi connectivity index (χ0v) is 14.6. The quantitative estimate of drug-likeness (QED) is 0.759. The van der Waals surface area contributed by atoms with Crippen LogP contribution in [0.3, 0.4) is 0 Å². The normalized spacial score (nSPS) is 22.9. The second-order valence-electron chi connectivity index (χ2n) is 6.86. The highest BCUT2D eigenvalue weighted by molar-refractivity contribution is 6.03. The summed E-state index contributed by atoms with van der Waals surface area (Å²) < 4.78 is 0. The fraction of sp³-hybridized carbons (Fsp3) is 0.526. The minimum Gasteiger partial charge on any atom is -0.334 e. The highest BCUT2D eigenvalue weighted by atomic mass is 16.2. The lowest BCUT2D eigenvalue weighted by atomic mass is 9.97. The molecule has 0 saturated carbocycles. The fourth-order valence-corrected chi connectivity index (χ4v) is 3.60. The minimum absolute atomic E-state index is 0.0656. The Kier molecular flexibility index (Phi) is 5.48. The first-order chi connectivity index (χ1) is 12.1. The van der Waals surface area contributed by atoms with Gasteiger partial charge in [-0.15, -0.1) is 0 Å². The van der Waals surface area contributed by atoms with Crippen LogP contribution < -0.4 is 10.6 Å². The van der Waals surface area contributed by atoms with Crippen molar-refractivity contribution in [1.82, 2.24) is 15.5 Å². The zero-order chi connectivity index (χ0) is 17.8. The standard InChI is InChI=1S/C19H25N3O3/c1-2-9-22(16-7-8-20-12-16)19(25)14-5-3-13(4-6-14)10-15-11-17(23)21-18(15)24/h3-6,15-16,20H,2,7-12H2,1H3,(H,21,23,24). The van der Waals surface area contributed by atoms with Gasteiger partial charge >= 0.3 is 0 Å². The Morgan fingerprint density at radius 1 is 1.24 bits per heavy atom. The molecule has 2 atom stereocenters. The van der Waals surface area contributed by atoms with Crippen molar-refractivity contribution in [3.63, 3.8) is 0 Å².